The van der Waals surface area contributed by atoms with Crippen molar-refractivity contribution in [3.05, 3.63) is 29.3 Å². The Morgan fingerprint density at radius 2 is 1.81 bits per heavy atom. The van der Waals surface area contributed by atoms with E-state index in [9.17, 15) is 9.59 Å². The molecule has 1 aliphatic rings. The lowest BCUT2D eigenvalue weighted by Gasteiger charge is -2.36. The van der Waals surface area contributed by atoms with Gasteiger partial charge in [-0.25, -0.2) is 0 Å². The summed E-state index contributed by atoms with van der Waals surface area (Å²) in [4.78, 5) is 28.1. The van der Waals surface area contributed by atoms with Crippen LogP contribution in [0.5, 0.6) is 0 Å². The Morgan fingerprint density at radius 1 is 1.08 bits per heavy atom. The van der Waals surface area contributed by atoms with E-state index in [1.54, 1.807) is 0 Å². The maximum Gasteiger partial charge on any atom is 0.242 e. The fourth-order valence-electron chi connectivity index (χ4n) is 3.04. The summed E-state index contributed by atoms with van der Waals surface area (Å²) in [6.45, 7) is 3.62. The first kappa shape index (κ1) is 20.5. The van der Waals surface area contributed by atoms with Crippen LogP contribution in [0.1, 0.15) is 32.1 Å². The third-order valence-corrected chi connectivity index (χ3v) is 4.84. The molecule has 0 saturated carbocycles. The standard InChI is InChI=1S/C19H29ClN4O2/c20-16-6-5-7-17(14-16)23-10-12-24(13-11-23)19(26)15-22-18(25)8-3-1-2-4-9-21/h5-7,14H,1-4,8-13,15,21H2,(H,22,25). The molecule has 1 fully saturated rings. The molecule has 3 N–H and O–H groups in total. The number of piperazine rings is 1. The molecule has 7 heteroatoms. The summed E-state index contributed by atoms with van der Waals surface area (Å²) in [5, 5.41) is 3.45. The minimum absolute atomic E-state index is 0.0211. The first-order valence-corrected chi connectivity index (χ1v) is 9.73. The zero-order valence-corrected chi connectivity index (χ0v) is 16.0. The first-order valence-electron chi connectivity index (χ1n) is 9.35. The van der Waals surface area contributed by atoms with Crippen molar-refractivity contribution in [2.45, 2.75) is 32.1 Å². The van der Waals surface area contributed by atoms with E-state index in [0.717, 1.165) is 44.5 Å². The van der Waals surface area contributed by atoms with Crippen LogP contribution in [0.25, 0.3) is 0 Å². The monoisotopic (exact) mass is 380 g/mol. The highest BCUT2D eigenvalue weighted by atomic mass is 35.5. The number of carbonyl (C=O) groups excluding carboxylic acids is 2. The highest BCUT2D eigenvalue weighted by Crippen LogP contribution is 2.20. The van der Waals surface area contributed by atoms with Gasteiger partial charge in [0, 0.05) is 43.3 Å². The molecular formula is C19H29ClN4O2. The second-order valence-electron chi connectivity index (χ2n) is 6.58. The molecular weight excluding hydrogens is 352 g/mol. The molecule has 1 saturated heterocycles. The Labute approximate surface area is 160 Å². The van der Waals surface area contributed by atoms with Gasteiger partial charge in [-0.15, -0.1) is 0 Å². The number of nitrogens with zero attached hydrogens (tertiary/aromatic N) is 2. The third-order valence-electron chi connectivity index (χ3n) is 4.60. The van der Waals surface area contributed by atoms with E-state index in [-0.39, 0.29) is 18.4 Å². The summed E-state index contributed by atoms with van der Waals surface area (Å²) in [5.74, 6) is -0.0733. The van der Waals surface area contributed by atoms with Crippen molar-refractivity contribution < 1.29 is 9.59 Å². The van der Waals surface area contributed by atoms with Crippen molar-refractivity contribution in [3.63, 3.8) is 0 Å². The van der Waals surface area contributed by atoms with E-state index in [2.05, 4.69) is 10.2 Å². The van der Waals surface area contributed by atoms with E-state index < -0.39 is 0 Å². The Balaban J connectivity index is 1.64. The molecule has 2 amide bonds. The maximum absolute atomic E-state index is 12.3. The van der Waals surface area contributed by atoms with E-state index >= 15 is 0 Å². The van der Waals surface area contributed by atoms with Gasteiger partial charge in [0.15, 0.2) is 0 Å². The number of anilines is 1. The second-order valence-corrected chi connectivity index (χ2v) is 7.01. The van der Waals surface area contributed by atoms with E-state index in [4.69, 9.17) is 17.3 Å². The summed E-state index contributed by atoms with van der Waals surface area (Å²) < 4.78 is 0. The average Bonchev–Trinajstić information content (AvgIpc) is 2.66. The number of hydrogen-bond donors (Lipinski definition) is 2. The topological polar surface area (TPSA) is 78.7 Å². The van der Waals surface area contributed by atoms with Crippen LogP contribution in [0, 0.1) is 0 Å². The molecule has 0 aromatic heterocycles. The number of benzene rings is 1. The van der Waals surface area contributed by atoms with Gasteiger partial charge in [0.05, 0.1) is 6.54 Å². The van der Waals surface area contributed by atoms with Crippen LogP contribution in [-0.4, -0.2) is 56.0 Å². The average molecular weight is 381 g/mol. The van der Waals surface area contributed by atoms with Crippen molar-refractivity contribution in [1.29, 1.82) is 0 Å². The number of halogens is 1. The number of hydrogen-bond acceptors (Lipinski definition) is 4. The highest BCUT2D eigenvalue weighted by molar-refractivity contribution is 6.30. The molecule has 0 bridgehead atoms. The summed E-state index contributed by atoms with van der Waals surface area (Å²) >= 11 is 6.04. The Kier molecular flexibility index (Phi) is 8.71. The van der Waals surface area contributed by atoms with Gasteiger partial charge in [-0.05, 0) is 37.6 Å². The molecule has 144 valence electrons. The molecule has 0 radical (unpaired) electrons. The number of nitrogens with two attached hydrogens (primary N) is 1. The fraction of sp³-hybridized carbons (Fsp3) is 0.579. The first-order chi connectivity index (χ1) is 12.6. The molecule has 1 aliphatic heterocycles. The number of amides is 2. The number of unbranched alkanes of at least 4 members (excludes halogenated alkanes) is 3. The number of nitrogens with one attached hydrogen (secondary N) is 1. The molecule has 1 aromatic carbocycles. The van der Waals surface area contributed by atoms with E-state index in [1.807, 2.05) is 29.2 Å². The van der Waals surface area contributed by atoms with Gasteiger partial charge < -0.3 is 20.9 Å². The third kappa shape index (κ3) is 6.84. The Bertz CT molecular complexity index is 589. The fourth-order valence-corrected chi connectivity index (χ4v) is 3.23. The van der Waals surface area contributed by atoms with Gasteiger partial charge in [-0.2, -0.15) is 0 Å². The molecule has 1 heterocycles. The van der Waals surface area contributed by atoms with Crippen LogP contribution in [0.2, 0.25) is 5.02 Å². The summed E-state index contributed by atoms with van der Waals surface area (Å²) in [6.07, 6.45) is 4.38. The van der Waals surface area contributed by atoms with Crippen molar-refractivity contribution in [1.82, 2.24) is 10.2 Å². The lowest BCUT2D eigenvalue weighted by atomic mass is 10.1. The van der Waals surface area contributed by atoms with Crippen LogP contribution < -0.4 is 16.0 Å². The molecule has 26 heavy (non-hydrogen) atoms. The predicted octanol–water partition coefficient (Wildman–Crippen LogP) is 2.01. The number of rotatable bonds is 9. The predicted molar refractivity (Wildman–Crippen MR) is 105 cm³/mol. The van der Waals surface area contributed by atoms with Gasteiger partial charge in [-0.3, -0.25) is 9.59 Å². The van der Waals surface area contributed by atoms with Gasteiger partial charge in [0.25, 0.3) is 0 Å². The smallest absolute Gasteiger partial charge is 0.242 e. The van der Waals surface area contributed by atoms with Crippen LogP contribution in [-0.2, 0) is 9.59 Å². The zero-order chi connectivity index (χ0) is 18.8. The molecule has 1 aromatic rings. The van der Waals surface area contributed by atoms with Gasteiger partial charge >= 0.3 is 0 Å². The minimum atomic E-state index is -0.0522. The van der Waals surface area contributed by atoms with Crippen LogP contribution >= 0.6 is 11.6 Å². The van der Waals surface area contributed by atoms with Crippen LogP contribution in [0.3, 0.4) is 0 Å². The highest BCUT2D eigenvalue weighted by Gasteiger charge is 2.21. The van der Waals surface area contributed by atoms with Gasteiger partial charge in [0.1, 0.15) is 0 Å². The normalized spacial score (nSPS) is 14.4. The summed E-state index contributed by atoms with van der Waals surface area (Å²) in [6, 6.07) is 7.75. The molecule has 0 atom stereocenters. The maximum atomic E-state index is 12.3. The molecule has 2 rings (SSSR count). The lowest BCUT2D eigenvalue weighted by molar-refractivity contribution is -0.133. The Hall–Kier alpha value is -1.79. The van der Waals surface area contributed by atoms with Crippen molar-refractivity contribution in [3.8, 4) is 0 Å². The molecule has 0 spiro atoms. The van der Waals surface area contributed by atoms with Crippen LogP contribution in [0.15, 0.2) is 24.3 Å². The molecule has 0 aliphatic carbocycles. The van der Waals surface area contributed by atoms with Crippen LogP contribution in [0.4, 0.5) is 5.69 Å². The van der Waals surface area contributed by atoms with Crippen molar-refractivity contribution >= 4 is 29.1 Å². The van der Waals surface area contributed by atoms with Gasteiger partial charge in [-0.1, -0.05) is 30.5 Å². The quantitative estimate of drug-likeness (QED) is 0.642. The van der Waals surface area contributed by atoms with Crippen molar-refractivity contribution in [2.75, 3.05) is 44.2 Å². The minimum Gasteiger partial charge on any atom is -0.368 e. The largest absolute Gasteiger partial charge is 0.368 e. The SMILES string of the molecule is NCCCCCCC(=O)NCC(=O)N1CCN(c2cccc(Cl)c2)CC1. The molecule has 0 unspecified atom stereocenters. The summed E-state index contributed by atoms with van der Waals surface area (Å²) in [5.41, 5.74) is 6.52. The Morgan fingerprint density at radius 3 is 2.50 bits per heavy atom. The lowest BCUT2D eigenvalue weighted by Crippen LogP contribution is -2.51. The molecule has 6 nitrogen and oxygen atoms in total. The number of carbonyl (C=O) groups is 2. The summed E-state index contributed by atoms with van der Waals surface area (Å²) in [7, 11) is 0. The van der Waals surface area contributed by atoms with E-state index in [1.165, 1.54) is 0 Å². The zero-order valence-electron chi connectivity index (χ0n) is 15.3. The van der Waals surface area contributed by atoms with E-state index in [0.29, 0.717) is 31.1 Å². The van der Waals surface area contributed by atoms with Gasteiger partial charge in [0.2, 0.25) is 11.8 Å². The van der Waals surface area contributed by atoms with Crippen molar-refractivity contribution in [2.24, 2.45) is 5.73 Å². The second kappa shape index (κ2) is 11.0.